The monoisotopic (exact) mass is 292 g/mol. The lowest BCUT2D eigenvalue weighted by Crippen LogP contribution is -2.60. The van der Waals surface area contributed by atoms with E-state index in [4.69, 9.17) is 4.74 Å². The van der Waals surface area contributed by atoms with Crippen molar-refractivity contribution in [3.8, 4) is 0 Å². The van der Waals surface area contributed by atoms with E-state index in [1.165, 1.54) is 0 Å². The van der Waals surface area contributed by atoms with Crippen LogP contribution in [0.2, 0.25) is 0 Å². The van der Waals surface area contributed by atoms with Crippen LogP contribution < -0.4 is 5.32 Å². The van der Waals surface area contributed by atoms with Crippen LogP contribution >= 0.6 is 0 Å². The van der Waals surface area contributed by atoms with E-state index in [1.54, 1.807) is 17.2 Å². The van der Waals surface area contributed by atoms with Gasteiger partial charge >= 0.3 is 6.03 Å². The summed E-state index contributed by atoms with van der Waals surface area (Å²) in [6.45, 7) is 11.4. The van der Waals surface area contributed by atoms with Crippen LogP contribution in [-0.2, 0) is 11.3 Å². The zero-order valence-electron chi connectivity index (χ0n) is 13.4. The molecule has 116 valence electrons. The third-order valence-corrected chi connectivity index (χ3v) is 3.24. The van der Waals surface area contributed by atoms with E-state index >= 15 is 0 Å². The number of aromatic nitrogens is 2. The molecule has 1 aromatic heterocycles. The van der Waals surface area contributed by atoms with Crippen LogP contribution in [0.25, 0.3) is 0 Å². The number of rotatable bonds is 2. The number of carbonyl (C=O) groups is 1. The van der Waals surface area contributed by atoms with Gasteiger partial charge in [0.1, 0.15) is 5.82 Å². The SMILES string of the molecule is Cc1nccc(CNC(=O)N2CC(C)(C)OC(C)(C)C2)n1. The first-order valence-electron chi connectivity index (χ1n) is 7.18. The molecule has 1 fully saturated rings. The first-order valence-corrected chi connectivity index (χ1v) is 7.18. The molecule has 1 aliphatic heterocycles. The van der Waals surface area contributed by atoms with Crippen LogP contribution in [0.5, 0.6) is 0 Å². The number of nitrogens with one attached hydrogen (secondary N) is 1. The molecule has 2 rings (SSSR count). The Morgan fingerprint density at radius 2 is 1.95 bits per heavy atom. The van der Waals surface area contributed by atoms with Gasteiger partial charge in [-0.25, -0.2) is 14.8 Å². The highest BCUT2D eigenvalue weighted by atomic mass is 16.5. The molecule has 0 bridgehead atoms. The molecule has 2 amide bonds. The maximum absolute atomic E-state index is 12.3. The van der Waals surface area contributed by atoms with Crippen molar-refractivity contribution in [2.75, 3.05) is 13.1 Å². The molecule has 0 aromatic carbocycles. The molecule has 1 saturated heterocycles. The summed E-state index contributed by atoms with van der Waals surface area (Å²) in [5, 5.41) is 2.91. The Balaban J connectivity index is 1.97. The molecule has 21 heavy (non-hydrogen) atoms. The zero-order chi connectivity index (χ0) is 15.7. The normalized spacial score (nSPS) is 20.1. The van der Waals surface area contributed by atoms with E-state index in [2.05, 4.69) is 15.3 Å². The molecule has 0 aliphatic carbocycles. The van der Waals surface area contributed by atoms with Crippen molar-refractivity contribution in [2.24, 2.45) is 0 Å². The average molecular weight is 292 g/mol. The van der Waals surface area contributed by atoms with Crippen molar-refractivity contribution in [3.63, 3.8) is 0 Å². The Bertz CT molecular complexity index is 512. The number of hydrogen-bond donors (Lipinski definition) is 1. The second kappa shape index (κ2) is 5.60. The molecule has 1 aliphatic rings. The quantitative estimate of drug-likeness (QED) is 0.904. The van der Waals surface area contributed by atoms with E-state index < -0.39 is 0 Å². The fourth-order valence-electron chi connectivity index (χ4n) is 2.81. The van der Waals surface area contributed by atoms with E-state index in [9.17, 15) is 4.79 Å². The van der Waals surface area contributed by atoms with Crippen molar-refractivity contribution in [3.05, 3.63) is 23.8 Å². The molecule has 0 spiro atoms. The van der Waals surface area contributed by atoms with E-state index in [0.29, 0.717) is 25.5 Å². The van der Waals surface area contributed by atoms with E-state index in [0.717, 1.165) is 5.69 Å². The number of amides is 2. The topological polar surface area (TPSA) is 67.4 Å². The summed E-state index contributed by atoms with van der Waals surface area (Å²) in [7, 11) is 0. The third kappa shape index (κ3) is 4.39. The van der Waals surface area contributed by atoms with Crippen LogP contribution in [0.3, 0.4) is 0 Å². The van der Waals surface area contributed by atoms with Gasteiger partial charge in [0.25, 0.3) is 0 Å². The lowest BCUT2D eigenvalue weighted by molar-refractivity contribution is -0.170. The van der Waals surface area contributed by atoms with Crippen molar-refractivity contribution >= 4 is 6.03 Å². The molecule has 2 heterocycles. The molecule has 0 saturated carbocycles. The highest BCUT2D eigenvalue weighted by molar-refractivity contribution is 5.74. The van der Waals surface area contributed by atoms with Crippen LogP contribution in [0.15, 0.2) is 12.3 Å². The van der Waals surface area contributed by atoms with Crippen LogP contribution in [0.4, 0.5) is 4.79 Å². The lowest BCUT2D eigenvalue weighted by Gasteiger charge is -2.46. The molecule has 0 atom stereocenters. The number of carbonyl (C=O) groups excluding carboxylic acids is 1. The van der Waals surface area contributed by atoms with Gasteiger partial charge in [0.2, 0.25) is 0 Å². The number of morpholine rings is 1. The van der Waals surface area contributed by atoms with Gasteiger partial charge in [-0.2, -0.15) is 0 Å². The molecule has 6 nitrogen and oxygen atoms in total. The Labute approximate surface area is 125 Å². The molecule has 1 N–H and O–H groups in total. The number of urea groups is 1. The van der Waals surface area contributed by atoms with Gasteiger partial charge < -0.3 is 15.0 Å². The Morgan fingerprint density at radius 1 is 1.33 bits per heavy atom. The second-order valence-corrected chi connectivity index (χ2v) is 6.73. The minimum absolute atomic E-state index is 0.0873. The number of nitrogens with zero attached hydrogens (tertiary/aromatic N) is 3. The van der Waals surface area contributed by atoms with Crippen molar-refractivity contribution < 1.29 is 9.53 Å². The smallest absolute Gasteiger partial charge is 0.317 e. The fourth-order valence-corrected chi connectivity index (χ4v) is 2.81. The van der Waals surface area contributed by atoms with Crippen LogP contribution in [-0.4, -0.2) is 45.2 Å². The number of hydrogen-bond acceptors (Lipinski definition) is 4. The average Bonchev–Trinajstić information content (AvgIpc) is 2.32. The Morgan fingerprint density at radius 3 is 2.52 bits per heavy atom. The molecule has 6 heteroatoms. The summed E-state index contributed by atoms with van der Waals surface area (Å²) in [5.74, 6) is 0.704. The Kier molecular flexibility index (Phi) is 4.18. The van der Waals surface area contributed by atoms with Crippen molar-refractivity contribution in [2.45, 2.75) is 52.4 Å². The highest BCUT2D eigenvalue weighted by Crippen LogP contribution is 2.27. The van der Waals surface area contributed by atoms with Gasteiger partial charge in [0.05, 0.1) is 36.5 Å². The fraction of sp³-hybridized carbons (Fsp3) is 0.667. The second-order valence-electron chi connectivity index (χ2n) is 6.73. The number of aryl methyl sites for hydroxylation is 1. The summed E-state index contributed by atoms with van der Waals surface area (Å²) in [5.41, 5.74) is 0.123. The summed E-state index contributed by atoms with van der Waals surface area (Å²) >= 11 is 0. The molecule has 0 unspecified atom stereocenters. The minimum Gasteiger partial charge on any atom is -0.366 e. The maximum atomic E-state index is 12.3. The van der Waals surface area contributed by atoms with Crippen molar-refractivity contribution in [1.82, 2.24) is 20.2 Å². The largest absolute Gasteiger partial charge is 0.366 e. The molecule has 0 radical (unpaired) electrons. The summed E-state index contributed by atoms with van der Waals surface area (Å²) in [6, 6.07) is 1.72. The summed E-state index contributed by atoms with van der Waals surface area (Å²) < 4.78 is 5.98. The van der Waals surface area contributed by atoms with Gasteiger partial charge in [-0.05, 0) is 40.7 Å². The standard InChI is InChI=1S/C15H24N4O2/c1-11-16-7-6-12(18-11)8-17-13(20)19-9-14(2,3)21-15(4,5)10-19/h6-7H,8-10H2,1-5H3,(H,17,20). The predicted molar refractivity (Wildman–Crippen MR) is 79.8 cm³/mol. The van der Waals surface area contributed by atoms with E-state index in [1.807, 2.05) is 34.6 Å². The van der Waals surface area contributed by atoms with Crippen LogP contribution in [0, 0.1) is 6.92 Å². The van der Waals surface area contributed by atoms with Gasteiger partial charge in [-0.3, -0.25) is 0 Å². The summed E-state index contributed by atoms with van der Waals surface area (Å²) in [4.78, 5) is 22.5. The first-order chi connectivity index (χ1) is 9.67. The predicted octanol–water partition coefficient (Wildman–Crippen LogP) is 1.88. The van der Waals surface area contributed by atoms with Crippen LogP contribution in [0.1, 0.15) is 39.2 Å². The molecular weight excluding hydrogens is 268 g/mol. The van der Waals surface area contributed by atoms with Gasteiger partial charge in [-0.1, -0.05) is 0 Å². The molecule has 1 aromatic rings. The minimum atomic E-state index is -0.343. The lowest BCUT2D eigenvalue weighted by atomic mass is 9.99. The highest BCUT2D eigenvalue weighted by Gasteiger charge is 2.39. The molecular formula is C15H24N4O2. The van der Waals surface area contributed by atoms with Gasteiger partial charge in [-0.15, -0.1) is 0 Å². The number of ether oxygens (including phenoxy) is 1. The Hall–Kier alpha value is -1.69. The van der Waals surface area contributed by atoms with Crippen molar-refractivity contribution in [1.29, 1.82) is 0 Å². The van der Waals surface area contributed by atoms with E-state index in [-0.39, 0.29) is 17.2 Å². The zero-order valence-corrected chi connectivity index (χ0v) is 13.4. The summed E-state index contributed by atoms with van der Waals surface area (Å²) in [6.07, 6.45) is 1.70. The maximum Gasteiger partial charge on any atom is 0.317 e. The van der Waals surface area contributed by atoms with Gasteiger partial charge in [0.15, 0.2) is 0 Å². The van der Waals surface area contributed by atoms with Gasteiger partial charge in [0, 0.05) is 6.20 Å². The first kappa shape index (κ1) is 15.7. The third-order valence-electron chi connectivity index (χ3n) is 3.24.